The number of aliphatic hydroxyl groups is 1. The van der Waals surface area contributed by atoms with Crippen LogP contribution in [0.4, 0.5) is 5.69 Å². The molecule has 1 aliphatic heterocycles. The maximum absolute atomic E-state index is 10.3. The number of nitrogens with zero attached hydrogens (tertiary/aromatic N) is 3. The van der Waals surface area contributed by atoms with Gasteiger partial charge in [0.2, 0.25) is 6.29 Å². The van der Waals surface area contributed by atoms with Crippen LogP contribution in [0.3, 0.4) is 0 Å². The van der Waals surface area contributed by atoms with Gasteiger partial charge in [0.05, 0.1) is 5.56 Å². The van der Waals surface area contributed by atoms with Crippen LogP contribution in [0, 0.1) is 11.3 Å². The van der Waals surface area contributed by atoms with Crippen LogP contribution in [0.1, 0.15) is 30.7 Å². The molecule has 0 amide bonds. The summed E-state index contributed by atoms with van der Waals surface area (Å²) in [6, 6.07) is 7.95. The van der Waals surface area contributed by atoms with Crippen molar-refractivity contribution in [2.75, 3.05) is 18.0 Å². The molecule has 2 heterocycles. The molecule has 118 valence electrons. The van der Waals surface area contributed by atoms with Crippen LogP contribution in [0.15, 0.2) is 24.4 Å². The van der Waals surface area contributed by atoms with Crippen LogP contribution in [0.2, 0.25) is 0 Å². The number of H-pyrrole nitrogens is 1. The number of nitriles is 1. The Hall–Kier alpha value is -2.78. The summed E-state index contributed by atoms with van der Waals surface area (Å²) in [6.07, 6.45) is 2.17. The Morgan fingerprint density at radius 1 is 1.39 bits per heavy atom. The normalized spacial score (nSPS) is 16.1. The third-order valence-electron chi connectivity index (χ3n) is 3.98. The van der Waals surface area contributed by atoms with Gasteiger partial charge in [-0.05, 0) is 32.1 Å². The molecular formula is C17H18N4O2. The van der Waals surface area contributed by atoms with Crippen molar-refractivity contribution in [3.63, 3.8) is 0 Å². The average Bonchev–Trinajstić information content (AvgIpc) is 3.03. The number of aliphatic hydroxyl groups excluding tert-OH is 1. The van der Waals surface area contributed by atoms with E-state index in [2.05, 4.69) is 28.9 Å². The maximum Gasteiger partial charge on any atom is 0.226 e. The molecule has 1 aromatic carbocycles. The van der Waals surface area contributed by atoms with Crippen molar-refractivity contribution < 1.29 is 9.84 Å². The second kappa shape index (κ2) is 6.15. The van der Waals surface area contributed by atoms with Gasteiger partial charge in [0.25, 0.3) is 0 Å². The van der Waals surface area contributed by atoms with Gasteiger partial charge in [-0.3, -0.25) is 5.10 Å². The molecule has 3 rings (SSSR count). The summed E-state index contributed by atoms with van der Waals surface area (Å²) in [5.41, 5.74) is 3.18. The number of ether oxygens (including phenoxy) is 1. The van der Waals surface area contributed by atoms with Crippen molar-refractivity contribution in [3.05, 3.63) is 41.2 Å². The predicted molar refractivity (Wildman–Crippen MR) is 87.8 cm³/mol. The van der Waals surface area contributed by atoms with Gasteiger partial charge in [-0.25, -0.2) is 0 Å². The first-order chi connectivity index (χ1) is 11.2. The third-order valence-corrected chi connectivity index (χ3v) is 3.98. The first-order valence-electron chi connectivity index (χ1n) is 7.57. The van der Waals surface area contributed by atoms with E-state index >= 15 is 0 Å². The first kappa shape index (κ1) is 15.1. The topological polar surface area (TPSA) is 85.2 Å². The van der Waals surface area contributed by atoms with Crippen molar-refractivity contribution >= 4 is 17.3 Å². The highest BCUT2D eigenvalue weighted by molar-refractivity contribution is 5.87. The van der Waals surface area contributed by atoms with Crippen molar-refractivity contribution in [3.8, 4) is 11.8 Å². The Morgan fingerprint density at radius 3 is 2.87 bits per heavy atom. The molecule has 1 aliphatic rings. The Bertz CT molecular complexity index is 784. The van der Waals surface area contributed by atoms with E-state index in [1.807, 2.05) is 30.3 Å². The van der Waals surface area contributed by atoms with Crippen LogP contribution in [0.5, 0.6) is 5.75 Å². The monoisotopic (exact) mass is 310 g/mol. The lowest BCUT2D eigenvalue weighted by Gasteiger charge is -2.26. The van der Waals surface area contributed by atoms with Gasteiger partial charge in [-0.1, -0.05) is 0 Å². The van der Waals surface area contributed by atoms with Gasteiger partial charge in [0.1, 0.15) is 17.5 Å². The third kappa shape index (κ3) is 2.67. The molecule has 1 atom stereocenters. The minimum atomic E-state index is -1.15. The van der Waals surface area contributed by atoms with E-state index in [0.29, 0.717) is 22.6 Å². The summed E-state index contributed by atoms with van der Waals surface area (Å²) in [5.74, 6) is 0.625. The molecule has 0 spiro atoms. The fourth-order valence-electron chi connectivity index (χ4n) is 2.73. The highest BCUT2D eigenvalue weighted by Gasteiger charge is 2.26. The summed E-state index contributed by atoms with van der Waals surface area (Å²) >= 11 is 0. The van der Waals surface area contributed by atoms with E-state index in [1.54, 1.807) is 0 Å². The zero-order valence-corrected chi connectivity index (χ0v) is 13.1. The number of rotatable bonds is 4. The van der Waals surface area contributed by atoms with E-state index in [9.17, 15) is 5.11 Å². The number of hydrogen-bond donors (Lipinski definition) is 2. The predicted octanol–water partition coefficient (Wildman–Crippen LogP) is 2.38. The Morgan fingerprint density at radius 2 is 2.17 bits per heavy atom. The van der Waals surface area contributed by atoms with E-state index in [0.717, 1.165) is 24.3 Å². The number of anilines is 1. The molecule has 1 aromatic heterocycles. The molecule has 1 unspecified atom stereocenters. The maximum atomic E-state index is 10.3. The Kier molecular flexibility index (Phi) is 4.04. The first-order valence-corrected chi connectivity index (χ1v) is 7.57. The zero-order valence-electron chi connectivity index (χ0n) is 13.1. The zero-order chi connectivity index (χ0) is 16.4. The molecular weight excluding hydrogens is 292 g/mol. The van der Waals surface area contributed by atoms with Gasteiger partial charge >= 0.3 is 0 Å². The summed E-state index contributed by atoms with van der Waals surface area (Å²) in [7, 11) is 0. The van der Waals surface area contributed by atoms with Gasteiger partial charge in [0.15, 0.2) is 0 Å². The van der Waals surface area contributed by atoms with Gasteiger partial charge in [0, 0.05) is 42.2 Å². The molecule has 0 bridgehead atoms. The molecule has 2 N–H and O–H groups in total. The summed E-state index contributed by atoms with van der Waals surface area (Å²) in [5, 5.41) is 26.1. The molecule has 0 saturated carbocycles. The number of aromatic nitrogens is 2. The van der Waals surface area contributed by atoms with Gasteiger partial charge in [-0.15, -0.1) is 0 Å². The Balaban J connectivity index is 2.01. The minimum Gasteiger partial charge on any atom is -0.460 e. The molecule has 0 radical (unpaired) electrons. The molecule has 0 aliphatic carbocycles. The quantitative estimate of drug-likeness (QED) is 0.905. The molecule has 0 fully saturated rings. The van der Waals surface area contributed by atoms with Crippen LogP contribution in [-0.2, 0) is 0 Å². The molecule has 0 saturated heterocycles. The fourth-order valence-corrected chi connectivity index (χ4v) is 2.73. The van der Waals surface area contributed by atoms with Crippen LogP contribution < -0.4 is 9.64 Å². The largest absolute Gasteiger partial charge is 0.460 e. The van der Waals surface area contributed by atoms with Gasteiger partial charge < -0.3 is 14.7 Å². The number of aromatic amines is 1. The average molecular weight is 310 g/mol. The van der Waals surface area contributed by atoms with E-state index in [4.69, 9.17) is 10.00 Å². The lowest BCUT2D eigenvalue weighted by molar-refractivity contribution is 0.0317. The number of benzene rings is 1. The standard InChI is InChI=1S/C17H18N4O2/c1-3-21(4-2)13-6-5-11-7-14(17(22)23-15(11)8-13)16-12(9-18)10-19-20-16/h5-8,10,17,22H,3-4H2,1-2H3,(H,19,20). The SMILES string of the molecule is CCN(CC)c1ccc2c(c1)OC(O)C(c1n[nH]cc1C#N)=C2. The molecule has 6 heteroatoms. The van der Waals surface area contributed by atoms with Crippen molar-refractivity contribution in [2.45, 2.75) is 20.1 Å². The number of hydrogen-bond acceptors (Lipinski definition) is 5. The summed E-state index contributed by atoms with van der Waals surface area (Å²) in [4.78, 5) is 2.21. The molecule has 6 nitrogen and oxygen atoms in total. The van der Waals surface area contributed by atoms with Crippen LogP contribution in [0.25, 0.3) is 11.6 Å². The number of fused-ring (bicyclic) bond motifs is 1. The second-order valence-electron chi connectivity index (χ2n) is 5.22. The highest BCUT2D eigenvalue weighted by atomic mass is 16.6. The number of nitrogens with one attached hydrogen (secondary N) is 1. The highest BCUT2D eigenvalue weighted by Crippen LogP contribution is 2.36. The molecule has 2 aromatic rings. The fraction of sp³-hybridized carbons (Fsp3) is 0.294. The Labute approximate surface area is 134 Å². The van der Waals surface area contributed by atoms with Crippen molar-refractivity contribution in [2.24, 2.45) is 0 Å². The summed E-state index contributed by atoms with van der Waals surface area (Å²) < 4.78 is 5.64. The van der Waals surface area contributed by atoms with E-state index in [-0.39, 0.29) is 0 Å². The lowest BCUT2D eigenvalue weighted by atomic mass is 10.0. The van der Waals surface area contributed by atoms with Crippen LogP contribution in [-0.4, -0.2) is 34.7 Å². The minimum absolute atomic E-state index is 0.377. The van der Waals surface area contributed by atoms with E-state index < -0.39 is 6.29 Å². The van der Waals surface area contributed by atoms with Crippen LogP contribution >= 0.6 is 0 Å². The lowest BCUT2D eigenvalue weighted by Crippen LogP contribution is -2.24. The smallest absolute Gasteiger partial charge is 0.226 e. The van der Waals surface area contributed by atoms with E-state index in [1.165, 1.54) is 6.20 Å². The van der Waals surface area contributed by atoms with Gasteiger partial charge in [-0.2, -0.15) is 10.4 Å². The molecule has 23 heavy (non-hydrogen) atoms. The van der Waals surface area contributed by atoms with Crippen molar-refractivity contribution in [1.29, 1.82) is 5.26 Å². The second-order valence-corrected chi connectivity index (χ2v) is 5.22. The summed E-state index contributed by atoms with van der Waals surface area (Å²) in [6.45, 7) is 5.99. The van der Waals surface area contributed by atoms with Crippen molar-refractivity contribution in [1.82, 2.24) is 10.2 Å².